The fourth-order valence-electron chi connectivity index (χ4n) is 9.18. The van der Waals surface area contributed by atoms with Crippen LogP contribution in [0, 0.1) is 0 Å². The maximum absolute atomic E-state index is 13.9. The smallest absolute Gasteiger partial charge is 0.202 e. The summed E-state index contributed by atoms with van der Waals surface area (Å²) < 4.78 is 28.6. The summed E-state index contributed by atoms with van der Waals surface area (Å²) in [6.45, 7) is 1.88. The van der Waals surface area contributed by atoms with E-state index in [1.807, 2.05) is 4.90 Å². The lowest BCUT2D eigenvalue weighted by atomic mass is 9.72. The zero-order chi connectivity index (χ0) is 44.2. The van der Waals surface area contributed by atoms with Gasteiger partial charge in [-0.05, 0) is 13.0 Å². The molecular formula is C46H45NO15. The van der Waals surface area contributed by atoms with Crippen molar-refractivity contribution in [3.63, 3.8) is 0 Å². The molecule has 3 aliphatic carbocycles. The summed E-state index contributed by atoms with van der Waals surface area (Å²) in [7, 11) is 2.85. The normalized spacial score (nSPS) is 26.5. The van der Waals surface area contributed by atoms with Gasteiger partial charge in [0.2, 0.25) is 5.78 Å². The molecule has 9 rings (SSSR count). The molecule has 4 aromatic carbocycles. The highest BCUT2D eigenvalue weighted by atomic mass is 16.7. The van der Waals surface area contributed by atoms with Gasteiger partial charge in [0.05, 0.1) is 48.7 Å². The molecule has 0 spiro atoms. The van der Waals surface area contributed by atoms with Gasteiger partial charge < -0.3 is 49.2 Å². The number of ether oxygens (including phenoxy) is 5. The zero-order valence-electron chi connectivity index (χ0n) is 34.0. The lowest BCUT2D eigenvalue weighted by Crippen LogP contribution is -2.59. The number of Topliss-reactive ketones (excluding diaryl/α,β-unsaturated/α-hetero) is 1. The van der Waals surface area contributed by atoms with E-state index < -0.39 is 102 Å². The average molecular weight is 852 g/mol. The Morgan fingerprint density at radius 2 is 1.40 bits per heavy atom. The molecule has 2 fully saturated rings. The Hall–Kier alpha value is -5.69. The van der Waals surface area contributed by atoms with Crippen LogP contribution in [0.2, 0.25) is 0 Å². The van der Waals surface area contributed by atoms with Gasteiger partial charge in [-0.25, -0.2) is 0 Å². The lowest BCUT2D eigenvalue weighted by Gasteiger charge is -2.47. The van der Waals surface area contributed by atoms with E-state index in [0.29, 0.717) is 42.0 Å². The van der Waals surface area contributed by atoms with Crippen LogP contribution in [-0.4, -0.2) is 136 Å². The summed E-state index contributed by atoms with van der Waals surface area (Å²) in [6.07, 6.45) is -5.46. The quantitative estimate of drug-likeness (QED) is 0.145. The molecule has 7 atom stereocenters. The molecule has 62 heavy (non-hydrogen) atoms. The standard InChI is InChI=1S/C32H37NO13.C14H8O2/c1-14-27(36)17(33-7-8-44-22(12-33)43-3)9-21(45-14)46-19-11-32(41,20(35)13-34)10-16-24(19)31(40)26-25(29(16)38)28(37)15-5-4-6-18(42-2)23(15)30(26)39;15-13-9-5-1-2-6-10(9)14(16)12-8-4-3-7-11(12)13/h4-6,14,17,19,21-22,27,34,36,38,40-41H,7-13H2,1-3H3;1-8H/t14-,17-,19-,21-,22-,27+,32-;/m0./s1. The molecule has 5 aliphatic rings. The number of carbonyl (C=O) groups excluding carboxylic acids is 5. The van der Waals surface area contributed by atoms with Crippen molar-refractivity contribution >= 4 is 28.9 Å². The molecule has 0 radical (unpaired) electrons. The number of rotatable bonds is 7. The van der Waals surface area contributed by atoms with E-state index in [-0.39, 0.29) is 46.0 Å². The number of methoxy groups -OCH3 is 2. The molecule has 16 nitrogen and oxygen atoms in total. The first-order chi connectivity index (χ1) is 29.7. The van der Waals surface area contributed by atoms with E-state index in [4.69, 9.17) is 23.7 Å². The number of aromatic hydroxyl groups is 2. The summed E-state index contributed by atoms with van der Waals surface area (Å²) >= 11 is 0. The van der Waals surface area contributed by atoms with Crippen LogP contribution in [0.5, 0.6) is 17.2 Å². The van der Waals surface area contributed by atoms with Crippen LogP contribution in [0.15, 0.2) is 66.7 Å². The van der Waals surface area contributed by atoms with E-state index in [1.54, 1.807) is 55.5 Å². The van der Waals surface area contributed by atoms with Crippen molar-refractivity contribution in [1.29, 1.82) is 0 Å². The number of fused-ring (bicyclic) bond motifs is 5. The van der Waals surface area contributed by atoms with Crippen molar-refractivity contribution in [3.05, 3.63) is 122 Å². The topological polar surface area (TPSA) is 236 Å². The number of carbonyl (C=O) groups is 5. The third-order valence-electron chi connectivity index (χ3n) is 12.4. The Kier molecular flexibility index (Phi) is 11.7. The van der Waals surface area contributed by atoms with Gasteiger partial charge in [0.1, 0.15) is 29.5 Å². The van der Waals surface area contributed by atoms with Gasteiger partial charge in [0, 0.05) is 84.4 Å². The number of ketones is 5. The fraction of sp³-hybridized carbons (Fsp3) is 0.370. The number of morpholine rings is 1. The van der Waals surface area contributed by atoms with Gasteiger partial charge in [-0.3, -0.25) is 28.9 Å². The monoisotopic (exact) mass is 851 g/mol. The molecule has 2 saturated heterocycles. The summed E-state index contributed by atoms with van der Waals surface area (Å²) in [6, 6.07) is 17.8. The minimum atomic E-state index is -2.26. The predicted molar refractivity (Wildman–Crippen MR) is 216 cm³/mol. The van der Waals surface area contributed by atoms with Crippen molar-refractivity contribution in [2.24, 2.45) is 0 Å². The first kappa shape index (κ1) is 43.0. The number of hydrogen-bond donors (Lipinski definition) is 5. The number of aliphatic hydroxyl groups excluding tert-OH is 2. The van der Waals surface area contributed by atoms with E-state index in [9.17, 15) is 49.5 Å². The summed E-state index contributed by atoms with van der Waals surface area (Å²) in [4.78, 5) is 66.6. The molecule has 0 aromatic heterocycles. The van der Waals surface area contributed by atoms with Crippen LogP contribution in [-0.2, 0) is 30.2 Å². The van der Waals surface area contributed by atoms with Gasteiger partial charge in [-0.1, -0.05) is 60.7 Å². The van der Waals surface area contributed by atoms with Crippen LogP contribution >= 0.6 is 0 Å². The SMILES string of the molecule is COc1cccc2c1C(=O)c1c(O)c3c(c(O)c1C2=O)C[C@@](O)(C(=O)CO)C[C@@H]3O[C@H]1C[C@H](N2CCO[C@H](OC)C2)[C@H](O)[C@H](C)O1.O=C1c2ccccc2C(=O)c2ccccc21. The number of phenolic OH excluding ortho intramolecular Hbond substituents is 2. The Labute approximate surface area is 355 Å². The van der Waals surface area contributed by atoms with Crippen molar-refractivity contribution in [2.75, 3.05) is 40.5 Å². The number of hydrogen-bond acceptors (Lipinski definition) is 16. The first-order valence-electron chi connectivity index (χ1n) is 20.1. The van der Waals surface area contributed by atoms with Crippen molar-refractivity contribution in [2.45, 2.75) is 68.7 Å². The van der Waals surface area contributed by atoms with Crippen molar-refractivity contribution < 1.29 is 73.2 Å². The second-order valence-electron chi connectivity index (χ2n) is 15.8. The number of aliphatic hydroxyl groups is 3. The second-order valence-corrected chi connectivity index (χ2v) is 15.8. The maximum Gasteiger partial charge on any atom is 0.202 e. The van der Waals surface area contributed by atoms with Crippen LogP contribution in [0.3, 0.4) is 0 Å². The minimum Gasteiger partial charge on any atom is -0.507 e. The molecule has 5 N–H and O–H groups in total. The van der Waals surface area contributed by atoms with Gasteiger partial charge in [-0.2, -0.15) is 0 Å². The third-order valence-corrected chi connectivity index (χ3v) is 12.4. The minimum absolute atomic E-state index is 0.0511. The number of phenols is 2. The molecule has 0 bridgehead atoms. The van der Waals surface area contributed by atoms with Crippen LogP contribution in [0.25, 0.3) is 0 Å². The Morgan fingerprint density at radius 3 is 1.98 bits per heavy atom. The Bertz CT molecular complexity index is 2390. The molecule has 0 amide bonds. The lowest BCUT2D eigenvalue weighted by molar-refractivity contribution is -0.266. The van der Waals surface area contributed by atoms with E-state index in [0.717, 1.165) is 0 Å². The van der Waals surface area contributed by atoms with Crippen LogP contribution < -0.4 is 4.74 Å². The zero-order valence-corrected chi connectivity index (χ0v) is 34.0. The van der Waals surface area contributed by atoms with Crippen molar-refractivity contribution in [1.82, 2.24) is 4.90 Å². The maximum atomic E-state index is 13.9. The molecule has 2 aliphatic heterocycles. The van der Waals surface area contributed by atoms with Crippen LogP contribution in [0.1, 0.15) is 101 Å². The molecule has 16 heteroatoms. The van der Waals surface area contributed by atoms with Gasteiger partial charge in [0.25, 0.3) is 0 Å². The van der Waals surface area contributed by atoms with Gasteiger partial charge in [0.15, 0.2) is 35.7 Å². The summed E-state index contributed by atoms with van der Waals surface area (Å²) in [5, 5.41) is 55.5. The van der Waals surface area contributed by atoms with Crippen LogP contribution in [0.4, 0.5) is 0 Å². The second kappa shape index (κ2) is 16.9. The third kappa shape index (κ3) is 7.21. The van der Waals surface area contributed by atoms with Gasteiger partial charge in [-0.15, -0.1) is 0 Å². The largest absolute Gasteiger partial charge is 0.507 e. The fourth-order valence-corrected chi connectivity index (χ4v) is 9.18. The highest BCUT2D eigenvalue weighted by Gasteiger charge is 2.51. The average Bonchev–Trinajstić information content (AvgIpc) is 3.29. The van der Waals surface area contributed by atoms with Gasteiger partial charge >= 0.3 is 0 Å². The molecular weight excluding hydrogens is 806 g/mol. The van der Waals surface area contributed by atoms with E-state index in [2.05, 4.69) is 0 Å². The Morgan fingerprint density at radius 1 is 0.806 bits per heavy atom. The first-order valence-corrected chi connectivity index (χ1v) is 20.1. The van der Waals surface area contributed by atoms with E-state index >= 15 is 0 Å². The summed E-state index contributed by atoms with van der Waals surface area (Å²) in [5.41, 5.74) is -1.60. The summed E-state index contributed by atoms with van der Waals surface area (Å²) in [5.74, 6) is -3.88. The molecule has 4 aromatic rings. The molecule has 0 saturated carbocycles. The highest BCUT2D eigenvalue weighted by molar-refractivity contribution is 6.31. The van der Waals surface area contributed by atoms with Crippen molar-refractivity contribution in [3.8, 4) is 17.2 Å². The van der Waals surface area contributed by atoms with E-state index in [1.165, 1.54) is 32.4 Å². The Balaban J connectivity index is 0.000000274. The number of benzene rings is 4. The predicted octanol–water partition coefficient (Wildman–Crippen LogP) is 2.81. The highest BCUT2D eigenvalue weighted by Crippen LogP contribution is 2.52. The molecule has 2 heterocycles. The molecule has 0 unspecified atom stereocenters. The molecule has 324 valence electrons. The number of nitrogens with zero attached hydrogens (tertiary/aromatic N) is 1.